The zero-order valence-corrected chi connectivity index (χ0v) is 16.1. The quantitative estimate of drug-likeness (QED) is 0.361. The van der Waals surface area contributed by atoms with Crippen LogP contribution in [0.25, 0.3) is 0 Å². The van der Waals surface area contributed by atoms with Gasteiger partial charge < -0.3 is 4.74 Å². The fraction of sp³-hybridized carbons (Fsp3) is 0.0909. The van der Waals surface area contributed by atoms with E-state index in [9.17, 15) is 35.9 Å². The molecular formula is C22H11F6NO3. The Labute approximate surface area is 176 Å². The van der Waals surface area contributed by atoms with Gasteiger partial charge in [-0.2, -0.15) is 13.2 Å². The molecule has 0 saturated carbocycles. The molecule has 0 fully saturated rings. The highest BCUT2D eigenvalue weighted by molar-refractivity contribution is 6.34. The lowest BCUT2D eigenvalue weighted by Gasteiger charge is -2.18. The summed E-state index contributed by atoms with van der Waals surface area (Å²) in [4.78, 5) is 25.8. The van der Waals surface area contributed by atoms with E-state index in [-0.39, 0.29) is 34.6 Å². The summed E-state index contributed by atoms with van der Waals surface area (Å²) >= 11 is 0. The van der Waals surface area contributed by atoms with Gasteiger partial charge in [0, 0.05) is 6.07 Å². The van der Waals surface area contributed by atoms with Crippen molar-refractivity contribution in [3.05, 3.63) is 88.2 Å². The maximum atomic E-state index is 14.7. The van der Waals surface area contributed by atoms with Gasteiger partial charge in [0.1, 0.15) is 11.6 Å². The van der Waals surface area contributed by atoms with E-state index < -0.39 is 52.4 Å². The minimum Gasteiger partial charge on any atom is -0.451 e. The van der Waals surface area contributed by atoms with Gasteiger partial charge in [-0.1, -0.05) is 12.1 Å². The maximum absolute atomic E-state index is 14.7. The number of carbonyl (C=O) groups is 2. The molecule has 1 heterocycles. The summed E-state index contributed by atoms with van der Waals surface area (Å²) < 4.78 is 86.4. The summed E-state index contributed by atoms with van der Waals surface area (Å²) in [6.07, 6.45) is -4.98. The number of rotatable bonds is 3. The number of benzene rings is 3. The largest absolute Gasteiger partial charge is 0.451 e. The smallest absolute Gasteiger partial charge is 0.416 e. The van der Waals surface area contributed by atoms with Gasteiger partial charge in [-0.3, -0.25) is 9.59 Å². The van der Waals surface area contributed by atoms with Crippen LogP contribution in [0.15, 0.2) is 48.5 Å². The van der Waals surface area contributed by atoms with Crippen LogP contribution >= 0.6 is 0 Å². The molecule has 0 aliphatic carbocycles. The molecule has 164 valence electrons. The Morgan fingerprint density at radius 2 is 1.34 bits per heavy atom. The first-order valence-electron chi connectivity index (χ1n) is 9.01. The zero-order chi connectivity index (χ0) is 23.4. The van der Waals surface area contributed by atoms with Crippen molar-refractivity contribution in [2.45, 2.75) is 13.1 Å². The van der Waals surface area contributed by atoms with Crippen molar-refractivity contribution in [2.24, 2.45) is 0 Å². The normalized spacial score (nSPS) is 13.5. The highest BCUT2D eigenvalue weighted by atomic mass is 19.4. The predicted octanol–water partition coefficient (Wildman–Crippen LogP) is 6.02. The Morgan fingerprint density at radius 3 is 1.84 bits per heavy atom. The number of amides is 2. The number of hydrogen-bond donors (Lipinski definition) is 0. The van der Waals surface area contributed by atoms with Gasteiger partial charge in [0.05, 0.1) is 22.4 Å². The average Bonchev–Trinajstić information content (AvgIpc) is 2.96. The van der Waals surface area contributed by atoms with Crippen LogP contribution in [0.3, 0.4) is 0 Å². The predicted molar refractivity (Wildman–Crippen MR) is 100 cm³/mol. The molecule has 0 radical (unpaired) electrons. The van der Waals surface area contributed by atoms with E-state index in [0.717, 1.165) is 12.1 Å². The summed E-state index contributed by atoms with van der Waals surface area (Å²) in [6.45, 7) is 1.31. The van der Waals surface area contributed by atoms with Crippen LogP contribution in [-0.2, 0) is 6.18 Å². The number of carbonyl (C=O) groups excluding carboxylic acids is 2. The van der Waals surface area contributed by atoms with E-state index >= 15 is 0 Å². The lowest BCUT2D eigenvalue weighted by molar-refractivity contribution is -0.138. The second kappa shape index (κ2) is 7.40. The number of hydrogen-bond acceptors (Lipinski definition) is 3. The molecule has 0 saturated heterocycles. The fourth-order valence-corrected chi connectivity index (χ4v) is 3.26. The Hall–Kier alpha value is -3.82. The summed E-state index contributed by atoms with van der Waals surface area (Å²) in [6, 6.07) is 7.66. The summed E-state index contributed by atoms with van der Waals surface area (Å²) in [7, 11) is 0. The minimum absolute atomic E-state index is 0.0153. The van der Waals surface area contributed by atoms with Crippen molar-refractivity contribution in [3.8, 4) is 11.5 Å². The lowest BCUT2D eigenvalue weighted by Crippen LogP contribution is -2.30. The first-order chi connectivity index (χ1) is 15.0. The SMILES string of the molecule is Cc1cc(F)c(N2C(=O)c3ccccc3C2=O)cc1Oc1c(F)cc(C(F)(F)F)cc1F. The van der Waals surface area contributed by atoms with Crippen molar-refractivity contribution in [1.82, 2.24) is 0 Å². The third kappa shape index (κ3) is 3.47. The molecule has 3 aromatic rings. The van der Waals surface area contributed by atoms with Crippen molar-refractivity contribution in [1.29, 1.82) is 0 Å². The molecule has 0 unspecified atom stereocenters. The van der Waals surface area contributed by atoms with Gasteiger partial charge in [-0.15, -0.1) is 0 Å². The molecule has 0 bridgehead atoms. The summed E-state index contributed by atoms with van der Waals surface area (Å²) in [5.74, 6) is -7.40. The molecule has 1 aliphatic rings. The van der Waals surface area contributed by atoms with Gasteiger partial charge in [0.25, 0.3) is 11.8 Å². The van der Waals surface area contributed by atoms with E-state index in [1.807, 2.05) is 0 Å². The number of halogens is 6. The van der Waals surface area contributed by atoms with Crippen LogP contribution in [0.4, 0.5) is 32.0 Å². The lowest BCUT2D eigenvalue weighted by atomic mass is 10.1. The van der Waals surface area contributed by atoms with E-state index in [4.69, 9.17) is 4.74 Å². The Kier molecular flexibility index (Phi) is 4.95. The van der Waals surface area contributed by atoms with E-state index in [1.165, 1.54) is 31.2 Å². The van der Waals surface area contributed by atoms with Gasteiger partial charge in [-0.25, -0.2) is 18.1 Å². The molecule has 0 spiro atoms. The number of ether oxygens (including phenoxy) is 1. The Morgan fingerprint density at radius 1 is 0.812 bits per heavy atom. The monoisotopic (exact) mass is 451 g/mol. The topological polar surface area (TPSA) is 46.6 Å². The maximum Gasteiger partial charge on any atom is 0.416 e. The van der Waals surface area contributed by atoms with Gasteiger partial charge >= 0.3 is 6.18 Å². The zero-order valence-electron chi connectivity index (χ0n) is 16.1. The molecule has 4 nitrogen and oxygen atoms in total. The number of nitrogens with zero attached hydrogens (tertiary/aromatic N) is 1. The average molecular weight is 451 g/mol. The molecule has 4 rings (SSSR count). The summed E-state index contributed by atoms with van der Waals surface area (Å²) in [5, 5.41) is 0. The van der Waals surface area contributed by atoms with Crippen LogP contribution in [0.1, 0.15) is 31.8 Å². The number of anilines is 1. The van der Waals surface area contributed by atoms with Crippen LogP contribution in [0, 0.1) is 24.4 Å². The molecule has 1 aliphatic heterocycles. The standard InChI is InChI=1S/C22H11F6NO3/c1-10-6-14(23)17(29-20(30)12-4-2-3-5-13(12)21(29)31)9-18(10)32-19-15(24)7-11(8-16(19)25)22(26,27)28/h2-9H,1H3. The second-order valence-electron chi connectivity index (χ2n) is 6.93. The molecule has 0 N–H and O–H groups in total. The van der Waals surface area contributed by atoms with Gasteiger partial charge in [0.2, 0.25) is 0 Å². The minimum atomic E-state index is -4.98. The second-order valence-corrected chi connectivity index (χ2v) is 6.93. The highest BCUT2D eigenvalue weighted by Gasteiger charge is 2.38. The molecule has 2 amide bonds. The Balaban J connectivity index is 1.76. The van der Waals surface area contributed by atoms with Crippen molar-refractivity contribution < 1.29 is 40.7 Å². The van der Waals surface area contributed by atoms with E-state index in [2.05, 4.69) is 0 Å². The fourth-order valence-electron chi connectivity index (χ4n) is 3.26. The first kappa shape index (κ1) is 21.4. The van der Waals surface area contributed by atoms with Gasteiger partial charge in [0.15, 0.2) is 17.4 Å². The van der Waals surface area contributed by atoms with Crippen molar-refractivity contribution in [3.63, 3.8) is 0 Å². The highest BCUT2D eigenvalue weighted by Crippen LogP contribution is 2.39. The summed E-state index contributed by atoms with van der Waals surface area (Å²) in [5.41, 5.74) is -1.99. The van der Waals surface area contributed by atoms with Crippen LogP contribution in [0.5, 0.6) is 11.5 Å². The number of fused-ring (bicyclic) bond motifs is 1. The molecular weight excluding hydrogens is 440 g/mol. The van der Waals surface area contributed by atoms with Crippen LogP contribution in [-0.4, -0.2) is 11.8 Å². The molecule has 32 heavy (non-hydrogen) atoms. The Bertz CT molecular complexity index is 1230. The third-order valence-corrected chi connectivity index (χ3v) is 4.82. The van der Waals surface area contributed by atoms with E-state index in [0.29, 0.717) is 4.90 Å². The van der Waals surface area contributed by atoms with Crippen LogP contribution in [0.2, 0.25) is 0 Å². The number of alkyl halides is 3. The van der Waals surface area contributed by atoms with Crippen LogP contribution < -0.4 is 9.64 Å². The van der Waals surface area contributed by atoms with Crippen molar-refractivity contribution >= 4 is 17.5 Å². The number of aryl methyl sites for hydroxylation is 1. The van der Waals surface area contributed by atoms with Gasteiger partial charge in [-0.05, 0) is 42.8 Å². The molecule has 10 heteroatoms. The molecule has 0 atom stereocenters. The first-order valence-corrected chi connectivity index (χ1v) is 9.01. The van der Waals surface area contributed by atoms with Crippen molar-refractivity contribution in [2.75, 3.05) is 4.90 Å². The third-order valence-electron chi connectivity index (χ3n) is 4.82. The molecule has 0 aromatic heterocycles. The van der Waals surface area contributed by atoms with E-state index in [1.54, 1.807) is 0 Å². The molecule has 3 aromatic carbocycles. The number of imide groups is 1.